The van der Waals surface area contributed by atoms with Crippen molar-refractivity contribution in [3.8, 4) is 0 Å². The fourth-order valence-electron chi connectivity index (χ4n) is 1.46. The van der Waals surface area contributed by atoms with E-state index in [1.54, 1.807) is 0 Å². The fraction of sp³-hybridized carbons (Fsp3) is 0.583. The number of carbonyl (C=O) groups is 1. The highest BCUT2D eigenvalue weighted by Gasteiger charge is 2.30. The molecule has 0 radical (unpaired) electrons. The van der Waals surface area contributed by atoms with Crippen LogP contribution in [0.2, 0.25) is 0 Å². The summed E-state index contributed by atoms with van der Waals surface area (Å²) in [5.41, 5.74) is 1.17. The Bertz CT molecular complexity index is 296. The van der Waals surface area contributed by atoms with E-state index in [4.69, 9.17) is 4.74 Å². The predicted octanol–water partition coefficient (Wildman–Crippen LogP) is 2.95. The Kier molecular flexibility index (Phi) is 4.03. The Morgan fingerprint density at radius 2 is 2.27 bits per heavy atom. The lowest BCUT2D eigenvalue weighted by Gasteiger charge is -2.22. The molecule has 0 aromatic carbocycles. The van der Waals surface area contributed by atoms with Crippen molar-refractivity contribution in [2.45, 2.75) is 37.2 Å². The Labute approximate surface area is 95.8 Å². The van der Waals surface area contributed by atoms with Crippen LogP contribution in [-0.4, -0.2) is 22.6 Å². The molecule has 15 heavy (non-hydrogen) atoms. The summed E-state index contributed by atoms with van der Waals surface area (Å²) in [6.45, 7) is 10.1. The third-order valence-electron chi connectivity index (χ3n) is 2.41. The largest absolute Gasteiger partial charge is 0.466 e. The molecular formula is C12H18O2S. The van der Waals surface area contributed by atoms with E-state index in [1.807, 2.05) is 18.7 Å². The highest BCUT2D eigenvalue weighted by Crippen LogP contribution is 2.42. The second-order valence-corrected chi connectivity index (χ2v) is 5.82. The molecule has 1 aliphatic heterocycles. The van der Waals surface area contributed by atoms with E-state index >= 15 is 0 Å². The summed E-state index contributed by atoms with van der Waals surface area (Å²) in [5, 5.41) is 0.410. The summed E-state index contributed by atoms with van der Waals surface area (Å²) in [7, 11) is 0. The summed E-state index contributed by atoms with van der Waals surface area (Å²) < 4.78 is 5.04. The van der Waals surface area contributed by atoms with Crippen LogP contribution in [0.15, 0.2) is 24.3 Å². The van der Waals surface area contributed by atoms with Gasteiger partial charge in [-0.25, -0.2) is 0 Å². The highest BCUT2D eigenvalue weighted by molar-refractivity contribution is 8.02. The van der Waals surface area contributed by atoms with Gasteiger partial charge in [0.05, 0.1) is 6.61 Å². The van der Waals surface area contributed by atoms with Gasteiger partial charge in [0.25, 0.3) is 0 Å². The van der Waals surface area contributed by atoms with E-state index in [-0.39, 0.29) is 10.7 Å². The van der Waals surface area contributed by atoms with Crippen LogP contribution in [0.25, 0.3) is 0 Å². The lowest BCUT2D eigenvalue weighted by Crippen LogP contribution is -2.19. The lowest BCUT2D eigenvalue weighted by atomic mass is 10.1. The zero-order valence-corrected chi connectivity index (χ0v) is 10.4. The van der Waals surface area contributed by atoms with Gasteiger partial charge in [-0.2, -0.15) is 0 Å². The number of hydrogen-bond donors (Lipinski definition) is 0. The highest BCUT2D eigenvalue weighted by atomic mass is 32.2. The maximum absolute atomic E-state index is 10.6. The number of thioether (sulfide) groups is 1. The Morgan fingerprint density at radius 3 is 2.73 bits per heavy atom. The van der Waals surface area contributed by atoms with Gasteiger partial charge in [0.2, 0.25) is 0 Å². The number of carbonyl (C=O) groups excluding carboxylic acids is 1. The van der Waals surface area contributed by atoms with Gasteiger partial charge in [-0.05, 0) is 20.3 Å². The molecule has 1 rings (SSSR count). The first-order valence-corrected chi connectivity index (χ1v) is 5.97. The van der Waals surface area contributed by atoms with Crippen LogP contribution >= 0.6 is 11.8 Å². The van der Waals surface area contributed by atoms with Crippen molar-refractivity contribution in [1.82, 2.24) is 0 Å². The summed E-state index contributed by atoms with van der Waals surface area (Å²) in [6, 6.07) is 0. The summed E-state index contributed by atoms with van der Waals surface area (Å²) in [6.07, 6.45) is 5.23. The van der Waals surface area contributed by atoms with Gasteiger partial charge in [-0.3, -0.25) is 4.79 Å². The molecule has 0 aromatic heterocycles. The van der Waals surface area contributed by atoms with Crippen LogP contribution in [0.3, 0.4) is 0 Å². The van der Waals surface area contributed by atoms with Crippen molar-refractivity contribution in [3.05, 3.63) is 24.3 Å². The molecule has 0 saturated heterocycles. The molecule has 3 heteroatoms. The molecule has 0 amide bonds. The lowest BCUT2D eigenvalue weighted by molar-refractivity contribution is -0.141. The van der Waals surface area contributed by atoms with Crippen LogP contribution < -0.4 is 0 Å². The molecule has 2 unspecified atom stereocenters. The quantitative estimate of drug-likeness (QED) is 0.544. The zero-order chi connectivity index (χ0) is 11.5. The van der Waals surface area contributed by atoms with Gasteiger partial charge in [-0.1, -0.05) is 24.3 Å². The molecule has 0 fully saturated rings. The summed E-state index contributed by atoms with van der Waals surface area (Å²) >= 11 is 1.87. The van der Waals surface area contributed by atoms with E-state index < -0.39 is 0 Å². The third kappa shape index (κ3) is 3.74. The number of ether oxygens (including phenoxy) is 1. The fourth-order valence-corrected chi connectivity index (χ4v) is 2.76. The number of rotatable bonds is 4. The second-order valence-electron chi connectivity index (χ2n) is 4.15. The molecular weight excluding hydrogens is 208 g/mol. The average Bonchev–Trinajstić information content (AvgIpc) is 2.47. The first kappa shape index (κ1) is 12.4. The van der Waals surface area contributed by atoms with Crippen molar-refractivity contribution in [1.29, 1.82) is 0 Å². The molecule has 1 aliphatic rings. The van der Waals surface area contributed by atoms with Crippen molar-refractivity contribution in [3.63, 3.8) is 0 Å². The Morgan fingerprint density at radius 1 is 1.60 bits per heavy atom. The Hall–Kier alpha value is -0.700. The molecule has 0 bridgehead atoms. The average molecular weight is 226 g/mol. The zero-order valence-electron chi connectivity index (χ0n) is 9.58. The van der Waals surface area contributed by atoms with E-state index in [0.29, 0.717) is 11.9 Å². The molecule has 2 nitrogen and oxygen atoms in total. The minimum Gasteiger partial charge on any atom is -0.466 e. The summed E-state index contributed by atoms with van der Waals surface area (Å²) in [5.74, 6) is -0.206. The van der Waals surface area contributed by atoms with Gasteiger partial charge in [-0.15, -0.1) is 11.8 Å². The van der Waals surface area contributed by atoms with Crippen molar-refractivity contribution in [2.24, 2.45) is 0 Å². The molecule has 0 N–H and O–H groups in total. The van der Waals surface area contributed by atoms with Gasteiger partial charge in [0.15, 0.2) is 0 Å². The van der Waals surface area contributed by atoms with Gasteiger partial charge in [0, 0.05) is 16.9 Å². The predicted molar refractivity (Wildman–Crippen MR) is 65.0 cm³/mol. The number of esters is 1. The molecule has 0 saturated carbocycles. The van der Waals surface area contributed by atoms with Crippen LogP contribution in [0.4, 0.5) is 0 Å². The van der Waals surface area contributed by atoms with Crippen molar-refractivity contribution < 1.29 is 9.53 Å². The van der Waals surface area contributed by atoms with E-state index in [2.05, 4.69) is 25.7 Å². The standard InChI is InChI=1S/C12H18O2S/c1-9(2)11-5-6-12(4,15-11)7-8-14-10(3)13/h5-6,11H,1,7-8H2,2-4H3. The molecule has 2 atom stereocenters. The normalized spacial score (nSPS) is 29.1. The molecule has 0 spiro atoms. The molecule has 0 aliphatic carbocycles. The van der Waals surface area contributed by atoms with Crippen LogP contribution in [0.1, 0.15) is 27.2 Å². The first-order chi connectivity index (χ1) is 6.93. The summed E-state index contributed by atoms with van der Waals surface area (Å²) in [4.78, 5) is 10.6. The maximum atomic E-state index is 10.6. The third-order valence-corrected chi connectivity index (χ3v) is 4.10. The molecule has 1 heterocycles. The smallest absolute Gasteiger partial charge is 0.302 e. The van der Waals surface area contributed by atoms with E-state index in [0.717, 1.165) is 6.42 Å². The molecule has 84 valence electrons. The maximum Gasteiger partial charge on any atom is 0.302 e. The van der Waals surface area contributed by atoms with Crippen molar-refractivity contribution >= 4 is 17.7 Å². The van der Waals surface area contributed by atoms with Gasteiger partial charge in [0.1, 0.15) is 0 Å². The number of hydrogen-bond acceptors (Lipinski definition) is 3. The molecule has 0 aromatic rings. The monoisotopic (exact) mass is 226 g/mol. The van der Waals surface area contributed by atoms with Crippen molar-refractivity contribution in [2.75, 3.05) is 6.61 Å². The topological polar surface area (TPSA) is 26.3 Å². The minimum atomic E-state index is -0.206. The van der Waals surface area contributed by atoms with Crippen LogP contribution in [0, 0.1) is 0 Å². The van der Waals surface area contributed by atoms with Gasteiger partial charge < -0.3 is 4.74 Å². The van der Waals surface area contributed by atoms with Gasteiger partial charge >= 0.3 is 5.97 Å². The Balaban J connectivity index is 2.40. The van der Waals surface area contributed by atoms with Crippen LogP contribution in [0.5, 0.6) is 0 Å². The SMILES string of the molecule is C=C(C)C1C=CC(C)(CCOC(C)=O)S1. The minimum absolute atomic E-state index is 0.0824. The van der Waals surface area contributed by atoms with E-state index in [9.17, 15) is 4.79 Å². The van der Waals surface area contributed by atoms with Crippen LogP contribution in [-0.2, 0) is 9.53 Å². The second kappa shape index (κ2) is 4.88. The van der Waals surface area contributed by atoms with E-state index in [1.165, 1.54) is 12.5 Å². The first-order valence-electron chi connectivity index (χ1n) is 5.09.